The Morgan fingerprint density at radius 2 is 2.50 bits per heavy atom. The molecule has 3 nitrogen and oxygen atoms in total. The van der Waals surface area contributed by atoms with Crippen LogP contribution in [0.25, 0.3) is 0 Å². The lowest BCUT2D eigenvalue weighted by molar-refractivity contribution is 0.145. The van der Waals surface area contributed by atoms with E-state index in [-0.39, 0.29) is 6.10 Å². The van der Waals surface area contributed by atoms with Crippen molar-refractivity contribution in [1.82, 2.24) is 9.78 Å². The molecule has 0 aromatic carbocycles. The van der Waals surface area contributed by atoms with Crippen LogP contribution in [-0.2, 0) is 6.54 Å². The molecular weight excluding hydrogens is 128 g/mol. The van der Waals surface area contributed by atoms with Gasteiger partial charge in [0.05, 0.1) is 12.6 Å². The van der Waals surface area contributed by atoms with Gasteiger partial charge in [-0.15, -0.1) is 0 Å². The highest BCUT2D eigenvalue weighted by molar-refractivity contribution is 4.78. The Kier molecular flexibility index (Phi) is 2.45. The molecule has 1 atom stereocenters. The summed E-state index contributed by atoms with van der Waals surface area (Å²) in [5.41, 5.74) is 0. The quantitative estimate of drug-likeness (QED) is 0.669. The molecule has 0 fully saturated rings. The summed E-state index contributed by atoms with van der Waals surface area (Å²) < 4.78 is 1.73. The van der Waals surface area contributed by atoms with Crippen LogP contribution < -0.4 is 0 Å². The van der Waals surface area contributed by atoms with Crippen LogP contribution in [0.15, 0.2) is 18.5 Å². The van der Waals surface area contributed by atoms with Gasteiger partial charge in [0.15, 0.2) is 0 Å². The first kappa shape index (κ1) is 7.28. The van der Waals surface area contributed by atoms with Crippen molar-refractivity contribution in [2.45, 2.75) is 26.0 Å². The van der Waals surface area contributed by atoms with Gasteiger partial charge in [-0.2, -0.15) is 5.10 Å². The third-order valence-corrected chi connectivity index (χ3v) is 1.43. The van der Waals surface area contributed by atoms with Gasteiger partial charge in [0.1, 0.15) is 0 Å². The van der Waals surface area contributed by atoms with Crippen molar-refractivity contribution in [3.63, 3.8) is 0 Å². The average Bonchev–Trinajstić information content (AvgIpc) is 2.40. The average molecular weight is 140 g/mol. The number of aliphatic hydroxyl groups is 1. The molecule has 10 heavy (non-hydrogen) atoms. The highest BCUT2D eigenvalue weighted by Gasteiger charge is 1.99. The Bertz CT molecular complexity index is 172. The molecular formula is C7H12N2O. The summed E-state index contributed by atoms with van der Waals surface area (Å²) in [6.07, 6.45) is 4.07. The van der Waals surface area contributed by atoms with Crippen molar-refractivity contribution >= 4 is 0 Å². The molecule has 56 valence electrons. The molecule has 0 aliphatic rings. The summed E-state index contributed by atoms with van der Waals surface area (Å²) in [4.78, 5) is 0. The monoisotopic (exact) mass is 140 g/mol. The summed E-state index contributed by atoms with van der Waals surface area (Å²) in [7, 11) is 0. The van der Waals surface area contributed by atoms with Gasteiger partial charge in [-0.1, -0.05) is 6.92 Å². The molecule has 0 aliphatic heterocycles. The fourth-order valence-corrected chi connectivity index (χ4v) is 0.753. The number of hydrogen-bond acceptors (Lipinski definition) is 2. The topological polar surface area (TPSA) is 38.0 Å². The first-order valence-electron chi connectivity index (χ1n) is 3.48. The van der Waals surface area contributed by atoms with Gasteiger partial charge < -0.3 is 5.11 Å². The second-order valence-electron chi connectivity index (χ2n) is 2.29. The molecule has 0 amide bonds. The fourth-order valence-electron chi connectivity index (χ4n) is 0.753. The zero-order valence-electron chi connectivity index (χ0n) is 6.07. The Morgan fingerprint density at radius 1 is 1.70 bits per heavy atom. The first-order chi connectivity index (χ1) is 4.83. The summed E-state index contributed by atoms with van der Waals surface area (Å²) in [6.45, 7) is 2.55. The smallest absolute Gasteiger partial charge is 0.0733 e. The molecule has 1 aromatic heterocycles. The summed E-state index contributed by atoms with van der Waals surface area (Å²) in [5, 5.41) is 13.1. The summed E-state index contributed by atoms with van der Waals surface area (Å²) >= 11 is 0. The third kappa shape index (κ3) is 1.84. The lowest BCUT2D eigenvalue weighted by Crippen LogP contribution is -2.14. The molecule has 0 radical (unpaired) electrons. The van der Waals surface area contributed by atoms with Gasteiger partial charge in [0, 0.05) is 12.4 Å². The molecule has 3 heteroatoms. The van der Waals surface area contributed by atoms with Crippen LogP contribution in [0.1, 0.15) is 13.3 Å². The molecule has 0 saturated carbocycles. The predicted octanol–water partition coefficient (Wildman–Crippen LogP) is 0.654. The summed E-state index contributed by atoms with van der Waals surface area (Å²) in [6, 6.07) is 1.85. The molecule has 0 aliphatic carbocycles. The lowest BCUT2D eigenvalue weighted by Gasteiger charge is -2.06. The van der Waals surface area contributed by atoms with Crippen molar-refractivity contribution in [2.75, 3.05) is 0 Å². The number of nitrogens with zero attached hydrogens (tertiary/aromatic N) is 2. The molecule has 1 heterocycles. The molecule has 0 spiro atoms. The minimum Gasteiger partial charge on any atom is -0.391 e. The summed E-state index contributed by atoms with van der Waals surface area (Å²) in [5.74, 6) is 0. The van der Waals surface area contributed by atoms with Crippen LogP contribution in [0, 0.1) is 0 Å². The van der Waals surface area contributed by atoms with Gasteiger partial charge in [0.2, 0.25) is 0 Å². The second-order valence-corrected chi connectivity index (χ2v) is 2.29. The first-order valence-corrected chi connectivity index (χ1v) is 3.48. The van der Waals surface area contributed by atoms with Gasteiger partial charge in [0.25, 0.3) is 0 Å². The third-order valence-electron chi connectivity index (χ3n) is 1.43. The Hall–Kier alpha value is -0.830. The van der Waals surface area contributed by atoms with Crippen LogP contribution in [0.4, 0.5) is 0 Å². The highest BCUT2D eigenvalue weighted by atomic mass is 16.3. The van der Waals surface area contributed by atoms with E-state index in [9.17, 15) is 0 Å². The molecule has 0 saturated heterocycles. The number of hydrogen-bond donors (Lipinski definition) is 1. The zero-order chi connectivity index (χ0) is 7.40. The van der Waals surface area contributed by atoms with E-state index in [0.717, 1.165) is 6.42 Å². The van der Waals surface area contributed by atoms with E-state index in [1.165, 1.54) is 0 Å². The molecule has 1 aromatic rings. The standard InChI is InChI=1S/C7H12N2O/c1-2-7(10)6-9-5-3-4-8-9/h3-5,7,10H,2,6H2,1H3. The maximum atomic E-state index is 9.17. The highest BCUT2D eigenvalue weighted by Crippen LogP contribution is 1.93. The van der Waals surface area contributed by atoms with Crippen molar-refractivity contribution in [1.29, 1.82) is 0 Å². The number of aromatic nitrogens is 2. The van der Waals surface area contributed by atoms with Gasteiger partial charge in [-0.3, -0.25) is 4.68 Å². The van der Waals surface area contributed by atoms with Crippen molar-refractivity contribution < 1.29 is 5.11 Å². The van der Waals surface area contributed by atoms with Crippen LogP contribution in [0.5, 0.6) is 0 Å². The minimum atomic E-state index is -0.264. The van der Waals surface area contributed by atoms with Gasteiger partial charge in [-0.05, 0) is 12.5 Å². The Balaban J connectivity index is 2.40. The maximum Gasteiger partial charge on any atom is 0.0733 e. The molecule has 1 rings (SSSR count). The SMILES string of the molecule is CCC(O)Cn1cccn1. The Labute approximate surface area is 60.3 Å². The zero-order valence-corrected chi connectivity index (χ0v) is 6.07. The molecule has 1 unspecified atom stereocenters. The van der Waals surface area contributed by atoms with Crippen LogP contribution in [0.2, 0.25) is 0 Å². The van der Waals surface area contributed by atoms with Crippen molar-refractivity contribution in [3.8, 4) is 0 Å². The predicted molar refractivity (Wildman–Crippen MR) is 38.5 cm³/mol. The van der Waals surface area contributed by atoms with Gasteiger partial charge in [-0.25, -0.2) is 0 Å². The molecule has 1 N–H and O–H groups in total. The minimum absolute atomic E-state index is 0.264. The normalized spacial score (nSPS) is 13.4. The van der Waals surface area contributed by atoms with E-state index in [0.29, 0.717) is 6.54 Å². The van der Waals surface area contributed by atoms with Crippen LogP contribution >= 0.6 is 0 Å². The maximum absolute atomic E-state index is 9.17. The fraction of sp³-hybridized carbons (Fsp3) is 0.571. The van der Waals surface area contributed by atoms with E-state index in [4.69, 9.17) is 5.11 Å². The van der Waals surface area contributed by atoms with Gasteiger partial charge >= 0.3 is 0 Å². The second kappa shape index (κ2) is 3.37. The van der Waals surface area contributed by atoms with E-state index in [1.807, 2.05) is 19.2 Å². The van der Waals surface area contributed by atoms with Crippen LogP contribution in [0.3, 0.4) is 0 Å². The number of aliphatic hydroxyl groups excluding tert-OH is 1. The van der Waals surface area contributed by atoms with E-state index < -0.39 is 0 Å². The number of rotatable bonds is 3. The van der Waals surface area contributed by atoms with Crippen molar-refractivity contribution in [3.05, 3.63) is 18.5 Å². The van der Waals surface area contributed by atoms with E-state index in [1.54, 1.807) is 10.9 Å². The van der Waals surface area contributed by atoms with E-state index in [2.05, 4.69) is 5.10 Å². The molecule has 0 bridgehead atoms. The Morgan fingerprint density at radius 3 is 3.00 bits per heavy atom. The largest absolute Gasteiger partial charge is 0.391 e. The van der Waals surface area contributed by atoms with Crippen molar-refractivity contribution in [2.24, 2.45) is 0 Å². The van der Waals surface area contributed by atoms with E-state index >= 15 is 0 Å². The van der Waals surface area contributed by atoms with Crippen LogP contribution in [-0.4, -0.2) is 21.0 Å². The lowest BCUT2D eigenvalue weighted by atomic mass is 10.3.